The van der Waals surface area contributed by atoms with Crippen molar-refractivity contribution in [2.45, 2.75) is 38.9 Å². The van der Waals surface area contributed by atoms with E-state index in [4.69, 9.17) is 4.43 Å². The predicted molar refractivity (Wildman–Crippen MR) is 84.7 cm³/mol. The van der Waals surface area contributed by atoms with Gasteiger partial charge in [-0.1, -0.05) is 6.08 Å². The summed E-state index contributed by atoms with van der Waals surface area (Å²) in [6.07, 6.45) is 7.30. The molecule has 1 aliphatic rings. The Labute approximate surface area is 122 Å². The minimum atomic E-state index is -1.48. The van der Waals surface area contributed by atoms with Gasteiger partial charge < -0.3 is 9.16 Å². The van der Waals surface area contributed by atoms with Crippen molar-refractivity contribution >= 4 is 20.0 Å². The molecule has 0 aromatic heterocycles. The van der Waals surface area contributed by atoms with E-state index in [1.807, 2.05) is 19.1 Å². The van der Waals surface area contributed by atoms with Crippen LogP contribution in [0, 0.1) is 0 Å². The van der Waals surface area contributed by atoms with Crippen LogP contribution in [0.1, 0.15) is 19.8 Å². The zero-order chi connectivity index (χ0) is 15.0. The van der Waals surface area contributed by atoms with Crippen molar-refractivity contribution in [3.05, 3.63) is 23.8 Å². The second kappa shape index (κ2) is 8.17. The standard InChI is InChI=1S/C15H25NO3Si/c1-5-19-20(3,4)12-6-11-16-14-9-7-13(8-10-14)15(17)18-2/h7-9H,5-6,10-12H2,1-4H3. The number of aliphatic imine (C=N–C) groups is 1. The Balaban J connectivity index is 2.35. The summed E-state index contributed by atoms with van der Waals surface area (Å²) >= 11 is 0. The summed E-state index contributed by atoms with van der Waals surface area (Å²) in [5.74, 6) is -0.287. The lowest BCUT2D eigenvalue weighted by molar-refractivity contribution is -0.135. The maximum atomic E-state index is 11.3. The highest BCUT2D eigenvalue weighted by Crippen LogP contribution is 2.14. The van der Waals surface area contributed by atoms with Gasteiger partial charge in [0.1, 0.15) is 0 Å². The van der Waals surface area contributed by atoms with Gasteiger partial charge in [0, 0.05) is 25.3 Å². The van der Waals surface area contributed by atoms with E-state index in [0.29, 0.717) is 12.0 Å². The molecule has 20 heavy (non-hydrogen) atoms. The molecule has 0 saturated carbocycles. The van der Waals surface area contributed by atoms with Crippen LogP contribution < -0.4 is 0 Å². The van der Waals surface area contributed by atoms with Crippen LogP contribution >= 0.6 is 0 Å². The van der Waals surface area contributed by atoms with Crippen LogP contribution in [0.5, 0.6) is 0 Å². The Bertz CT molecular complexity index is 425. The third-order valence-electron chi connectivity index (χ3n) is 3.19. The van der Waals surface area contributed by atoms with E-state index in [1.54, 1.807) is 6.08 Å². The molecule has 0 aliphatic heterocycles. The molecular formula is C15H25NO3Si. The molecule has 0 heterocycles. The van der Waals surface area contributed by atoms with Gasteiger partial charge >= 0.3 is 5.97 Å². The highest BCUT2D eigenvalue weighted by Gasteiger charge is 2.20. The lowest BCUT2D eigenvalue weighted by atomic mass is 10.1. The average Bonchev–Trinajstić information content (AvgIpc) is 2.43. The van der Waals surface area contributed by atoms with Crippen molar-refractivity contribution in [2.75, 3.05) is 20.3 Å². The van der Waals surface area contributed by atoms with Crippen LogP contribution in [0.25, 0.3) is 0 Å². The van der Waals surface area contributed by atoms with Gasteiger partial charge in [0.15, 0.2) is 8.32 Å². The molecule has 0 N–H and O–H groups in total. The number of esters is 1. The first-order chi connectivity index (χ1) is 9.48. The summed E-state index contributed by atoms with van der Waals surface area (Å²) in [5, 5.41) is 0. The summed E-state index contributed by atoms with van der Waals surface area (Å²) in [5.41, 5.74) is 1.63. The van der Waals surface area contributed by atoms with Gasteiger partial charge in [-0.2, -0.15) is 0 Å². The normalized spacial score (nSPS) is 17.2. The van der Waals surface area contributed by atoms with Gasteiger partial charge in [0.05, 0.1) is 12.7 Å². The molecule has 4 nitrogen and oxygen atoms in total. The molecule has 0 saturated heterocycles. The summed E-state index contributed by atoms with van der Waals surface area (Å²) < 4.78 is 10.5. The van der Waals surface area contributed by atoms with Gasteiger partial charge in [-0.25, -0.2) is 4.79 Å². The van der Waals surface area contributed by atoms with E-state index < -0.39 is 8.32 Å². The maximum Gasteiger partial charge on any atom is 0.337 e. The lowest BCUT2D eigenvalue weighted by Gasteiger charge is -2.21. The van der Waals surface area contributed by atoms with E-state index in [1.165, 1.54) is 7.11 Å². The topological polar surface area (TPSA) is 47.9 Å². The molecule has 0 unspecified atom stereocenters. The minimum Gasteiger partial charge on any atom is -0.465 e. The van der Waals surface area contributed by atoms with Gasteiger partial charge in [0.2, 0.25) is 0 Å². The average molecular weight is 295 g/mol. The minimum absolute atomic E-state index is 0.287. The number of carbonyl (C=O) groups is 1. The molecular weight excluding hydrogens is 270 g/mol. The van der Waals surface area contributed by atoms with Crippen LogP contribution in [-0.2, 0) is 14.0 Å². The smallest absolute Gasteiger partial charge is 0.337 e. The van der Waals surface area contributed by atoms with Crippen LogP contribution in [0.3, 0.4) is 0 Å². The first kappa shape index (κ1) is 16.9. The summed E-state index contributed by atoms with van der Waals surface area (Å²) in [6.45, 7) is 8.17. The van der Waals surface area contributed by atoms with Crippen LogP contribution in [-0.4, -0.2) is 40.3 Å². The number of carbonyl (C=O) groups excluding carboxylic acids is 1. The Morgan fingerprint density at radius 1 is 1.40 bits per heavy atom. The van der Waals surface area contributed by atoms with Crippen molar-refractivity contribution in [1.29, 1.82) is 0 Å². The molecule has 0 aromatic carbocycles. The Kier molecular flexibility index (Phi) is 6.88. The van der Waals surface area contributed by atoms with Crippen molar-refractivity contribution < 1.29 is 14.0 Å². The highest BCUT2D eigenvalue weighted by molar-refractivity contribution is 6.71. The highest BCUT2D eigenvalue weighted by atomic mass is 28.4. The number of ether oxygens (including phenoxy) is 1. The Morgan fingerprint density at radius 2 is 2.15 bits per heavy atom. The van der Waals surface area contributed by atoms with Crippen LogP contribution in [0.15, 0.2) is 28.8 Å². The SMILES string of the molecule is CCO[Si](C)(C)CCCN=C1C=CC(C(=O)OC)=CC1. The molecule has 0 bridgehead atoms. The third-order valence-corrected chi connectivity index (χ3v) is 5.82. The van der Waals surface area contributed by atoms with E-state index in [0.717, 1.165) is 31.3 Å². The van der Waals surface area contributed by atoms with Crippen molar-refractivity contribution in [2.24, 2.45) is 4.99 Å². The Hall–Kier alpha value is -1.20. The summed E-state index contributed by atoms with van der Waals surface area (Å²) in [6, 6.07) is 1.13. The second-order valence-electron chi connectivity index (χ2n) is 5.36. The molecule has 0 amide bonds. The van der Waals surface area contributed by atoms with Gasteiger partial charge in [-0.3, -0.25) is 4.99 Å². The molecule has 1 aliphatic carbocycles. The van der Waals surface area contributed by atoms with Crippen LogP contribution in [0.2, 0.25) is 19.1 Å². The van der Waals surface area contributed by atoms with Crippen molar-refractivity contribution in [3.8, 4) is 0 Å². The molecule has 0 radical (unpaired) electrons. The van der Waals surface area contributed by atoms with E-state index >= 15 is 0 Å². The first-order valence-corrected chi connectivity index (χ1v) is 10.2. The van der Waals surface area contributed by atoms with E-state index in [-0.39, 0.29) is 5.97 Å². The van der Waals surface area contributed by atoms with Gasteiger partial charge in [-0.15, -0.1) is 0 Å². The van der Waals surface area contributed by atoms with Crippen molar-refractivity contribution in [1.82, 2.24) is 0 Å². The van der Waals surface area contributed by atoms with E-state index in [9.17, 15) is 4.79 Å². The molecule has 0 aromatic rings. The molecule has 112 valence electrons. The molecule has 0 atom stereocenters. The predicted octanol–water partition coefficient (Wildman–Crippen LogP) is 3.12. The van der Waals surface area contributed by atoms with E-state index in [2.05, 4.69) is 22.8 Å². The fraction of sp³-hybridized carbons (Fsp3) is 0.600. The molecule has 0 fully saturated rings. The maximum absolute atomic E-state index is 11.3. The third kappa shape index (κ3) is 5.84. The lowest BCUT2D eigenvalue weighted by Crippen LogP contribution is -2.30. The van der Waals surface area contributed by atoms with Gasteiger partial charge in [0.25, 0.3) is 0 Å². The number of hydrogen-bond acceptors (Lipinski definition) is 4. The molecule has 5 heteroatoms. The Morgan fingerprint density at radius 3 is 2.70 bits per heavy atom. The number of rotatable bonds is 7. The second-order valence-corrected chi connectivity index (χ2v) is 9.67. The first-order valence-electron chi connectivity index (χ1n) is 7.12. The van der Waals surface area contributed by atoms with Crippen molar-refractivity contribution in [3.63, 3.8) is 0 Å². The largest absolute Gasteiger partial charge is 0.465 e. The number of allylic oxidation sites excluding steroid dienone is 2. The number of nitrogens with zero attached hydrogens (tertiary/aromatic N) is 1. The summed E-state index contributed by atoms with van der Waals surface area (Å²) in [4.78, 5) is 15.9. The zero-order valence-electron chi connectivity index (χ0n) is 12.9. The molecule has 0 spiro atoms. The molecule has 1 rings (SSSR count). The zero-order valence-corrected chi connectivity index (χ0v) is 13.9. The summed E-state index contributed by atoms with van der Waals surface area (Å²) in [7, 11) is -0.0878. The number of methoxy groups -OCH3 is 1. The van der Waals surface area contributed by atoms with Crippen LogP contribution in [0.4, 0.5) is 0 Å². The van der Waals surface area contributed by atoms with Gasteiger partial charge in [-0.05, 0) is 44.6 Å². The quantitative estimate of drug-likeness (QED) is 0.412. The fourth-order valence-corrected chi connectivity index (χ4v) is 4.05. The fourth-order valence-electron chi connectivity index (χ4n) is 2.11. The number of hydrogen-bond donors (Lipinski definition) is 0. The monoisotopic (exact) mass is 295 g/mol.